The second kappa shape index (κ2) is 10.1. The van der Waals surface area contributed by atoms with Crippen LogP contribution in [-0.4, -0.2) is 35.7 Å². The lowest BCUT2D eigenvalue weighted by Gasteiger charge is -2.09. The second-order valence-electron chi connectivity index (χ2n) is 6.66. The SMILES string of the molecule is COc1cccc(NC(=O)COc2ccc(C(=O)OCc3noc(-c4ccco4)n3)cc2)c1. The predicted molar refractivity (Wildman–Crippen MR) is 115 cm³/mol. The smallest absolute Gasteiger partial charge is 0.338 e. The molecule has 10 nitrogen and oxygen atoms in total. The van der Waals surface area contributed by atoms with Gasteiger partial charge in [0.2, 0.25) is 5.82 Å². The molecule has 0 fully saturated rings. The number of hydrogen-bond donors (Lipinski definition) is 1. The highest BCUT2D eigenvalue weighted by Crippen LogP contribution is 2.19. The van der Waals surface area contributed by atoms with Crippen LogP contribution in [0.25, 0.3) is 11.7 Å². The lowest BCUT2D eigenvalue weighted by Crippen LogP contribution is -2.20. The first-order valence-corrected chi connectivity index (χ1v) is 9.81. The van der Waals surface area contributed by atoms with Gasteiger partial charge >= 0.3 is 5.97 Å². The van der Waals surface area contributed by atoms with Crippen LogP contribution in [0.4, 0.5) is 5.69 Å². The van der Waals surface area contributed by atoms with Gasteiger partial charge in [-0.05, 0) is 48.5 Å². The Morgan fingerprint density at radius 3 is 2.64 bits per heavy atom. The molecule has 0 aliphatic heterocycles. The molecule has 0 bridgehead atoms. The molecule has 10 heteroatoms. The summed E-state index contributed by atoms with van der Waals surface area (Å²) < 4.78 is 26.0. The highest BCUT2D eigenvalue weighted by molar-refractivity contribution is 5.92. The maximum absolute atomic E-state index is 12.2. The molecule has 0 spiro atoms. The lowest BCUT2D eigenvalue weighted by molar-refractivity contribution is -0.118. The Morgan fingerprint density at radius 2 is 1.88 bits per heavy atom. The summed E-state index contributed by atoms with van der Waals surface area (Å²) in [6.07, 6.45) is 1.49. The van der Waals surface area contributed by atoms with Crippen LogP contribution in [0.3, 0.4) is 0 Å². The number of furan rings is 1. The molecule has 33 heavy (non-hydrogen) atoms. The summed E-state index contributed by atoms with van der Waals surface area (Å²) in [7, 11) is 1.55. The minimum atomic E-state index is -0.568. The van der Waals surface area contributed by atoms with E-state index in [1.54, 1.807) is 55.6 Å². The zero-order chi connectivity index (χ0) is 23.0. The molecule has 0 unspecified atom stereocenters. The van der Waals surface area contributed by atoms with E-state index in [0.29, 0.717) is 28.5 Å². The van der Waals surface area contributed by atoms with Crippen LogP contribution < -0.4 is 14.8 Å². The third-order valence-corrected chi connectivity index (χ3v) is 4.35. The van der Waals surface area contributed by atoms with Crippen LogP contribution in [0, 0.1) is 0 Å². The number of ether oxygens (including phenoxy) is 3. The average Bonchev–Trinajstić information content (AvgIpc) is 3.54. The Hall–Kier alpha value is -4.60. The summed E-state index contributed by atoms with van der Waals surface area (Å²) in [5, 5.41) is 6.46. The highest BCUT2D eigenvalue weighted by atomic mass is 16.5. The van der Waals surface area contributed by atoms with Crippen molar-refractivity contribution < 1.29 is 32.7 Å². The first-order valence-electron chi connectivity index (χ1n) is 9.81. The molecule has 4 aromatic rings. The molecule has 1 N–H and O–H groups in total. The number of hydrogen-bond acceptors (Lipinski definition) is 9. The Balaban J connectivity index is 1.24. The van der Waals surface area contributed by atoms with E-state index in [1.165, 1.54) is 18.4 Å². The molecular formula is C23H19N3O7. The lowest BCUT2D eigenvalue weighted by atomic mass is 10.2. The summed E-state index contributed by atoms with van der Waals surface area (Å²) in [6, 6.07) is 16.6. The van der Waals surface area contributed by atoms with Crippen molar-refractivity contribution in [2.24, 2.45) is 0 Å². The summed E-state index contributed by atoms with van der Waals surface area (Å²) in [6.45, 7) is -0.359. The molecule has 2 heterocycles. The fourth-order valence-electron chi connectivity index (χ4n) is 2.76. The van der Waals surface area contributed by atoms with E-state index in [1.807, 2.05) is 0 Å². The van der Waals surface area contributed by atoms with Gasteiger partial charge in [0.15, 0.2) is 19.0 Å². The van der Waals surface area contributed by atoms with Crippen LogP contribution in [0.1, 0.15) is 16.2 Å². The van der Waals surface area contributed by atoms with E-state index in [0.717, 1.165) is 0 Å². The summed E-state index contributed by atoms with van der Waals surface area (Å²) >= 11 is 0. The molecule has 0 radical (unpaired) electrons. The third-order valence-electron chi connectivity index (χ3n) is 4.35. The highest BCUT2D eigenvalue weighted by Gasteiger charge is 2.14. The standard InChI is InChI=1S/C23H19N3O7/c1-29-18-5-2-4-16(12-18)24-21(27)14-31-17-9-7-15(8-10-17)23(28)32-13-20-25-22(33-26-20)19-6-3-11-30-19/h2-12H,13-14H2,1H3,(H,24,27). The van der Waals surface area contributed by atoms with Gasteiger partial charge in [0.1, 0.15) is 11.5 Å². The third kappa shape index (κ3) is 5.76. The summed E-state index contributed by atoms with van der Waals surface area (Å²) in [4.78, 5) is 28.4. The van der Waals surface area contributed by atoms with Gasteiger partial charge in [-0.1, -0.05) is 11.2 Å². The van der Waals surface area contributed by atoms with Gasteiger partial charge in [0, 0.05) is 11.8 Å². The van der Waals surface area contributed by atoms with Gasteiger partial charge in [0.05, 0.1) is 18.9 Å². The number of rotatable bonds is 9. The minimum absolute atomic E-state index is 0.161. The van der Waals surface area contributed by atoms with Crippen molar-refractivity contribution in [3.63, 3.8) is 0 Å². The first kappa shape index (κ1) is 21.6. The maximum atomic E-state index is 12.2. The molecule has 0 atom stereocenters. The van der Waals surface area contributed by atoms with Crippen LogP contribution >= 0.6 is 0 Å². The monoisotopic (exact) mass is 449 g/mol. The van der Waals surface area contributed by atoms with Gasteiger partial charge in [-0.25, -0.2) is 4.79 Å². The Morgan fingerprint density at radius 1 is 1.03 bits per heavy atom. The van der Waals surface area contributed by atoms with Crippen LogP contribution in [-0.2, 0) is 16.1 Å². The predicted octanol–water partition coefficient (Wildman–Crippen LogP) is 3.71. The minimum Gasteiger partial charge on any atom is -0.497 e. The summed E-state index contributed by atoms with van der Waals surface area (Å²) in [5.74, 6) is 0.983. The molecule has 168 valence electrons. The zero-order valence-electron chi connectivity index (χ0n) is 17.5. The van der Waals surface area contributed by atoms with Crippen LogP contribution in [0.5, 0.6) is 11.5 Å². The molecule has 0 aliphatic rings. The van der Waals surface area contributed by atoms with Gasteiger partial charge in [-0.3, -0.25) is 4.79 Å². The van der Waals surface area contributed by atoms with E-state index in [9.17, 15) is 9.59 Å². The van der Waals surface area contributed by atoms with E-state index in [2.05, 4.69) is 15.5 Å². The van der Waals surface area contributed by atoms with Crippen molar-refractivity contribution in [3.8, 4) is 23.1 Å². The molecular weight excluding hydrogens is 430 g/mol. The topological polar surface area (TPSA) is 126 Å². The fraction of sp³-hybridized carbons (Fsp3) is 0.130. The van der Waals surface area contributed by atoms with E-state index in [4.69, 9.17) is 23.2 Å². The average molecular weight is 449 g/mol. The number of carbonyl (C=O) groups excluding carboxylic acids is 2. The second-order valence-corrected chi connectivity index (χ2v) is 6.66. The molecule has 0 saturated carbocycles. The van der Waals surface area contributed by atoms with Gasteiger partial charge in [-0.15, -0.1) is 0 Å². The Kier molecular flexibility index (Phi) is 6.64. The molecule has 1 amide bonds. The number of amides is 1. The first-order chi connectivity index (χ1) is 16.1. The molecule has 2 aromatic heterocycles. The van der Waals surface area contributed by atoms with Crippen molar-refractivity contribution in [1.82, 2.24) is 10.1 Å². The van der Waals surface area contributed by atoms with Crippen LogP contribution in [0.15, 0.2) is 75.9 Å². The Labute approximate surface area is 188 Å². The van der Waals surface area contributed by atoms with Crippen molar-refractivity contribution >= 4 is 17.6 Å². The molecule has 2 aromatic carbocycles. The quantitative estimate of drug-likeness (QED) is 0.381. The number of carbonyl (C=O) groups is 2. The van der Waals surface area contributed by atoms with Gasteiger partial charge < -0.3 is 28.5 Å². The number of anilines is 1. The molecule has 0 saturated heterocycles. The van der Waals surface area contributed by atoms with Crippen molar-refractivity contribution in [3.05, 3.63) is 78.3 Å². The largest absolute Gasteiger partial charge is 0.497 e. The normalized spacial score (nSPS) is 10.5. The van der Waals surface area contributed by atoms with Gasteiger partial charge in [0.25, 0.3) is 11.8 Å². The van der Waals surface area contributed by atoms with Crippen LogP contribution in [0.2, 0.25) is 0 Å². The molecule has 0 aliphatic carbocycles. The summed E-state index contributed by atoms with van der Waals surface area (Å²) in [5.41, 5.74) is 0.900. The fourth-order valence-corrected chi connectivity index (χ4v) is 2.76. The van der Waals surface area contributed by atoms with Crippen molar-refractivity contribution in [1.29, 1.82) is 0 Å². The van der Waals surface area contributed by atoms with E-state index >= 15 is 0 Å². The van der Waals surface area contributed by atoms with Crippen molar-refractivity contribution in [2.75, 3.05) is 19.0 Å². The Bertz CT molecular complexity index is 1220. The van der Waals surface area contributed by atoms with Crippen molar-refractivity contribution in [2.45, 2.75) is 6.61 Å². The van der Waals surface area contributed by atoms with E-state index < -0.39 is 5.97 Å². The number of methoxy groups -OCH3 is 1. The number of nitrogens with one attached hydrogen (secondary N) is 1. The molecule has 4 rings (SSSR count). The number of nitrogens with zero attached hydrogens (tertiary/aromatic N) is 2. The maximum Gasteiger partial charge on any atom is 0.338 e. The number of esters is 1. The number of aromatic nitrogens is 2. The van der Waals surface area contributed by atoms with Gasteiger partial charge in [-0.2, -0.15) is 4.98 Å². The van der Waals surface area contributed by atoms with E-state index in [-0.39, 0.29) is 30.8 Å². The zero-order valence-corrected chi connectivity index (χ0v) is 17.5. The number of benzene rings is 2.